The lowest BCUT2D eigenvalue weighted by atomic mass is 10.2. The van der Waals surface area contributed by atoms with Gasteiger partial charge in [-0.2, -0.15) is 0 Å². The largest absolute Gasteiger partial charge is 0.487 e. The van der Waals surface area contributed by atoms with E-state index in [1.165, 1.54) is 4.88 Å². The Morgan fingerprint density at radius 1 is 1.33 bits per heavy atom. The van der Waals surface area contributed by atoms with Crippen molar-refractivity contribution >= 4 is 34.5 Å². The molecule has 0 bridgehead atoms. The lowest BCUT2D eigenvalue weighted by molar-refractivity contribution is 0.306. The molecule has 2 N–H and O–H groups in total. The molecule has 0 aliphatic carbocycles. The summed E-state index contributed by atoms with van der Waals surface area (Å²) in [5.41, 5.74) is 6.75. The average Bonchev–Trinajstić information content (AvgIpc) is 2.72. The Kier molecular flexibility index (Phi) is 4.51. The molecule has 0 aliphatic rings. The molecule has 0 amide bonds. The van der Waals surface area contributed by atoms with Crippen molar-refractivity contribution in [2.24, 2.45) is 5.73 Å². The van der Waals surface area contributed by atoms with E-state index in [9.17, 15) is 0 Å². The molecule has 0 saturated carbocycles. The molecule has 0 unspecified atom stereocenters. The highest BCUT2D eigenvalue weighted by Gasteiger charge is 2.08. The first-order valence-corrected chi connectivity index (χ1v) is 7.04. The third-order valence-electron chi connectivity index (χ3n) is 2.57. The summed E-state index contributed by atoms with van der Waals surface area (Å²) in [5, 5.41) is 0.949. The van der Waals surface area contributed by atoms with E-state index in [1.807, 2.05) is 6.07 Å². The number of hydrogen-bond donors (Lipinski definition) is 1. The van der Waals surface area contributed by atoms with E-state index in [2.05, 4.69) is 13.0 Å². The summed E-state index contributed by atoms with van der Waals surface area (Å²) >= 11 is 13.7. The fourth-order valence-corrected chi connectivity index (χ4v) is 2.86. The third kappa shape index (κ3) is 2.98. The molecule has 0 fully saturated rings. The van der Waals surface area contributed by atoms with Gasteiger partial charge >= 0.3 is 0 Å². The summed E-state index contributed by atoms with van der Waals surface area (Å²) in [6.07, 6.45) is 0. The van der Waals surface area contributed by atoms with Gasteiger partial charge < -0.3 is 10.5 Å². The number of benzene rings is 1. The maximum absolute atomic E-state index is 6.06. The fourth-order valence-electron chi connectivity index (χ4n) is 1.58. The number of halogens is 2. The molecule has 0 radical (unpaired) electrons. The monoisotopic (exact) mass is 301 g/mol. The average molecular weight is 302 g/mol. The standard InChI is InChI=1S/C13H13Cl2NOS/c1-8-9(5-10(6-16)18-8)7-17-12-4-2-3-11(14)13(12)15/h2-5H,6-7,16H2,1H3. The molecule has 1 heterocycles. The van der Waals surface area contributed by atoms with Crippen LogP contribution in [0.4, 0.5) is 0 Å². The van der Waals surface area contributed by atoms with E-state index in [0.717, 1.165) is 10.4 Å². The number of ether oxygens (including phenoxy) is 1. The molecular weight excluding hydrogens is 289 g/mol. The van der Waals surface area contributed by atoms with E-state index in [-0.39, 0.29) is 0 Å². The van der Waals surface area contributed by atoms with Crippen molar-refractivity contribution in [2.45, 2.75) is 20.1 Å². The van der Waals surface area contributed by atoms with Gasteiger partial charge in [0.15, 0.2) is 0 Å². The lowest BCUT2D eigenvalue weighted by Crippen LogP contribution is -1.96. The minimum absolute atomic E-state index is 0.450. The van der Waals surface area contributed by atoms with Crippen molar-refractivity contribution in [3.8, 4) is 5.75 Å². The van der Waals surface area contributed by atoms with Gasteiger partial charge in [-0.05, 0) is 25.1 Å². The Balaban J connectivity index is 2.11. The van der Waals surface area contributed by atoms with Gasteiger partial charge in [0.1, 0.15) is 17.4 Å². The van der Waals surface area contributed by atoms with Crippen LogP contribution >= 0.6 is 34.5 Å². The molecule has 0 atom stereocenters. The topological polar surface area (TPSA) is 35.2 Å². The highest BCUT2D eigenvalue weighted by molar-refractivity contribution is 7.12. The van der Waals surface area contributed by atoms with Crippen molar-refractivity contribution in [1.29, 1.82) is 0 Å². The molecule has 0 saturated heterocycles. The molecule has 0 spiro atoms. The molecule has 5 heteroatoms. The number of aryl methyl sites for hydroxylation is 1. The van der Waals surface area contributed by atoms with Gasteiger partial charge in [0.25, 0.3) is 0 Å². The Morgan fingerprint density at radius 2 is 2.11 bits per heavy atom. The molecule has 1 aromatic heterocycles. The van der Waals surface area contributed by atoms with Crippen LogP contribution in [0.2, 0.25) is 10.0 Å². The predicted molar refractivity (Wildman–Crippen MR) is 77.7 cm³/mol. The van der Waals surface area contributed by atoms with E-state index in [1.54, 1.807) is 23.5 Å². The Labute approximate surface area is 120 Å². The number of hydrogen-bond acceptors (Lipinski definition) is 3. The van der Waals surface area contributed by atoms with E-state index >= 15 is 0 Å². The van der Waals surface area contributed by atoms with Crippen LogP contribution in [0, 0.1) is 6.92 Å². The zero-order valence-corrected chi connectivity index (χ0v) is 12.2. The van der Waals surface area contributed by atoms with E-state index in [4.69, 9.17) is 33.7 Å². The third-order valence-corrected chi connectivity index (χ3v) is 4.49. The molecule has 0 aliphatic heterocycles. The summed E-state index contributed by atoms with van der Waals surface area (Å²) in [7, 11) is 0. The summed E-state index contributed by atoms with van der Waals surface area (Å²) in [5.74, 6) is 0.601. The Bertz CT molecular complexity index is 554. The molecule has 2 aromatic rings. The normalized spacial score (nSPS) is 10.7. The fraction of sp³-hybridized carbons (Fsp3) is 0.231. The SMILES string of the molecule is Cc1sc(CN)cc1COc1cccc(Cl)c1Cl. The predicted octanol–water partition coefficient (Wildman–Crippen LogP) is 4.40. The summed E-state index contributed by atoms with van der Waals surface area (Å²) in [4.78, 5) is 2.37. The second kappa shape index (κ2) is 5.93. The van der Waals surface area contributed by atoms with E-state index in [0.29, 0.717) is 28.9 Å². The van der Waals surface area contributed by atoms with Gasteiger partial charge in [-0.3, -0.25) is 0 Å². The van der Waals surface area contributed by atoms with Crippen LogP contribution in [0.1, 0.15) is 15.3 Å². The van der Waals surface area contributed by atoms with Gasteiger partial charge in [0.05, 0.1) is 5.02 Å². The van der Waals surface area contributed by atoms with Crippen LogP contribution in [0.15, 0.2) is 24.3 Å². The Hall–Kier alpha value is -0.740. The molecular formula is C13H13Cl2NOS. The van der Waals surface area contributed by atoms with Gasteiger partial charge in [-0.15, -0.1) is 11.3 Å². The maximum atomic E-state index is 6.06. The van der Waals surface area contributed by atoms with Crippen molar-refractivity contribution in [3.63, 3.8) is 0 Å². The number of thiophene rings is 1. The smallest absolute Gasteiger partial charge is 0.139 e. The second-order valence-corrected chi connectivity index (χ2v) is 5.96. The van der Waals surface area contributed by atoms with Gasteiger partial charge in [0, 0.05) is 21.9 Å². The molecule has 96 valence electrons. The second-order valence-electron chi connectivity index (χ2n) is 3.84. The first-order chi connectivity index (χ1) is 8.61. The number of nitrogens with two attached hydrogens (primary N) is 1. The van der Waals surface area contributed by atoms with Gasteiger partial charge in [-0.25, -0.2) is 0 Å². The van der Waals surface area contributed by atoms with Crippen LogP contribution in [-0.4, -0.2) is 0 Å². The zero-order valence-electron chi connectivity index (χ0n) is 9.87. The van der Waals surface area contributed by atoms with Crippen molar-refractivity contribution < 1.29 is 4.74 Å². The summed E-state index contributed by atoms with van der Waals surface area (Å²) in [6, 6.07) is 7.42. The molecule has 18 heavy (non-hydrogen) atoms. The minimum Gasteiger partial charge on any atom is -0.487 e. The van der Waals surface area contributed by atoms with E-state index < -0.39 is 0 Å². The highest BCUT2D eigenvalue weighted by Crippen LogP contribution is 2.32. The molecule has 1 aromatic carbocycles. The highest BCUT2D eigenvalue weighted by atomic mass is 35.5. The van der Waals surface area contributed by atoms with Crippen LogP contribution in [0.25, 0.3) is 0 Å². The molecule has 2 nitrogen and oxygen atoms in total. The number of rotatable bonds is 4. The first-order valence-electron chi connectivity index (χ1n) is 5.47. The van der Waals surface area contributed by atoms with Crippen LogP contribution in [0.5, 0.6) is 5.75 Å². The summed E-state index contributed by atoms with van der Waals surface area (Å²) in [6.45, 7) is 3.09. The zero-order chi connectivity index (χ0) is 13.1. The van der Waals surface area contributed by atoms with Gasteiger partial charge in [0.2, 0.25) is 0 Å². The minimum atomic E-state index is 0.450. The van der Waals surface area contributed by atoms with Crippen LogP contribution in [-0.2, 0) is 13.2 Å². The quantitative estimate of drug-likeness (QED) is 0.908. The van der Waals surface area contributed by atoms with Crippen molar-refractivity contribution in [1.82, 2.24) is 0 Å². The van der Waals surface area contributed by atoms with Crippen LogP contribution < -0.4 is 10.5 Å². The Morgan fingerprint density at radius 3 is 2.78 bits per heavy atom. The van der Waals surface area contributed by atoms with Crippen LogP contribution in [0.3, 0.4) is 0 Å². The maximum Gasteiger partial charge on any atom is 0.139 e. The lowest BCUT2D eigenvalue weighted by Gasteiger charge is -2.08. The van der Waals surface area contributed by atoms with Crippen molar-refractivity contribution in [2.75, 3.05) is 0 Å². The van der Waals surface area contributed by atoms with Gasteiger partial charge in [-0.1, -0.05) is 29.3 Å². The first kappa shape index (κ1) is 13.7. The molecule has 2 rings (SSSR count). The van der Waals surface area contributed by atoms with Crippen molar-refractivity contribution in [3.05, 3.63) is 49.6 Å². The summed E-state index contributed by atoms with van der Waals surface area (Å²) < 4.78 is 5.69.